The van der Waals surface area contributed by atoms with E-state index < -0.39 is 0 Å². The van der Waals surface area contributed by atoms with E-state index >= 15 is 0 Å². The minimum atomic E-state index is 0.0369. The van der Waals surface area contributed by atoms with Gasteiger partial charge in [-0.25, -0.2) is 4.98 Å². The van der Waals surface area contributed by atoms with Crippen LogP contribution in [0.3, 0.4) is 0 Å². The summed E-state index contributed by atoms with van der Waals surface area (Å²) in [6.45, 7) is 3.53. The highest BCUT2D eigenvalue weighted by Crippen LogP contribution is 1.98. The van der Waals surface area contributed by atoms with Gasteiger partial charge in [-0.3, -0.25) is 4.79 Å². The maximum atomic E-state index is 11.1. The van der Waals surface area contributed by atoms with Crippen LogP contribution in [0.2, 0.25) is 0 Å². The Morgan fingerprint density at radius 1 is 1.82 bits per heavy atom. The number of nitrogens with one attached hydrogen (secondary N) is 1. The topological polar surface area (TPSA) is 45.8 Å². The molecule has 3 nitrogen and oxygen atoms in total. The SMILES string of the molecule is C=CCCC(=O)c1ncc[nH]1. The van der Waals surface area contributed by atoms with Crippen LogP contribution in [0.25, 0.3) is 0 Å². The van der Waals surface area contributed by atoms with Crippen LogP contribution in [-0.2, 0) is 0 Å². The highest BCUT2D eigenvalue weighted by Gasteiger charge is 2.04. The maximum Gasteiger partial charge on any atom is 0.198 e. The molecular weight excluding hydrogens is 140 g/mol. The van der Waals surface area contributed by atoms with Crippen molar-refractivity contribution in [1.82, 2.24) is 9.97 Å². The van der Waals surface area contributed by atoms with Crippen LogP contribution >= 0.6 is 0 Å². The molecular formula is C8H10N2O. The van der Waals surface area contributed by atoms with Gasteiger partial charge < -0.3 is 4.98 Å². The first-order valence-electron chi connectivity index (χ1n) is 3.48. The standard InChI is InChI=1S/C8H10N2O/c1-2-3-4-7(11)8-9-5-6-10-8/h2,5-6H,1,3-4H2,(H,9,10). The first-order valence-corrected chi connectivity index (χ1v) is 3.48. The van der Waals surface area contributed by atoms with E-state index in [0.29, 0.717) is 18.7 Å². The summed E-state index contributed by atoms with van der Waals surface area (Å²) in [6.07, 6.45) is 6.12. The number of carbonyl (C=O) groups is 1. The number of carbonyl (C=O) groups excluding carboxylic acids is 1. The van der Waals surface area contributed by atoms with Gasteiger partial charge >= 0.3 is 0 Å². The molecule has 1 heterocycles. The Kier molecular flexibility index (Phi) is 2.60. The predicted molar refractivity (Wildman–Crippen MR) is 42.3 cm³/mol. The third kappa shape index (κ3) is 2.04. The fourth-order valence-electron chi connectivity index (χ4n) is 0.769. The molecule has 1 rings (SSSR count). The molecule has 11 heavy (non-hydrogen) atoms. The molecule has 0 bridgehead atoms. The number of Topliss-reactive ketones (excluding diaryl/α,β-unsaturated/α-hetero) is 1. The summed E-state index contributed by atoms with van der Waals surface area (Å²) in [4.78, 5) is 17.7. The number of hydrogen-bond donors (Lipinski definition) is 1. The highest BCUT2D eigenvalue weighted by atomic mass is 16.1. The second-order valence-corrected chi connectivity index (χ2v) is 2.19. The van der Waals surface area contributed by atoms with Crippen molar-refractivity contribution in [3.8, 4) is 0 Å². The van der Waals surface area contributed by atoms with Gasteiger partial charge in [-0.2, -0.15) is 0 Å². The zero-order valence-electron chi connectivity index (χ0n) is 6.21. The Morgan fingerprint density at radius 2 is 2.64 bits per heavy atom. The van der Waals surface area contributed by atoms with E-state index in [-0.39, 0.29) is 5.78 Å². The average molecular weight is 150 g/mol. The number of H-pyrrole nitrogens is 1. The summed E-state index contributed by atoms with van der Waals surface area (Å²) in [5, 5.41) is 0. The lowest BCUT2D eigenvalue weighted by molar-refractivity contribution is 0.0974. The van der Waals surface area contributed by atoms with Gasteiger partial charge in [0.1, 0.15) is 0 Å². The molecule has 0 aromatic carbocycles. The van der Waals surface area contributed by atoms with Crippen molar-refractivity contribution in [3.63, 3.8) is 0 Å². The van der Waals surface area contributed by atoms with Gasteiger partial charge in [-0.05, 0) is 6.42 Å². The molecule has 1 aromatic rings. The van der Waals surface area contributed by atoms with Crippen LogP contribution in [-0.4, -0.2) is 15.8 Å². The smallest absolute Gasteiger partial charge is 0.198 e. The van der Waals surface area contributed by atoms with Crippen molar-refractivity contribution in [2.75, 3.05) is 0 Å². The second-order valence-electron chi connectivity index (χ2n) is 2.19. The van der Waals surface area contributed by atoms with Gasteiger partial charge in [0.25, 0.3) is 0 Å². The molecule has 58 valence electrons. The summed E-state index contributed by atoms with van der Waals surface area (Å²) < 4.78 is 0. The zero-order valence-corrected chi connectivity index (χ0v) is 6.21. The van der Waals surface area contributed by atoms with Crippen molar-refractivity contribution in [2.24, 2.45) is 0 Å². The Bertz CT molecular complexity index is 239. The molecule has 3 heteroatoms. The van der Waals surface area contributed by atoms with Gasteiger partial charge in [0.15, 0.2) is 11.6 Å². The molecule has 0 unspecified atom stereocenters. The lowest BCUT2D eigenvalue weighted by Crippen LogP contribution is -2.00. The van der Waals surface area contributed by atoms with Gasteiger partial charge in [-0.15, -0.1) is 6.58 Å². The normalized spacial score (nSPS) is 9.45. The van der Waals surface area contributed by atoms with E-state index in [1.807, 2.05) is 0 Å². The van der Waals surface area contributed by atoms with Gasteiger partial charge in [0.2, 0.25) is 0 Å². The molecule has 0 aliphatic rings. The Labute approximate surface area is 65.2 Å². The van der Waals surface area contributed by atoms with Crippen molar-refractivity contribution >= 4 is 5.78 Å². The molecule has 0 saturated heterocycles. The van der Waals surface area contributed by atoms with E-state index in [2.05, 4.69) is 16.5 Å². The number of rotatable bonds is 4. The molecule has 0 radical (unpaired) electrons. The molecule has 0 fully saturated rings. The molecule has 0 spiro atoms. The summed E-state index contributed by atoms with van der Waals surface area (Å²) in [7, 11) is 0. The third-order valence-corrected chi connectivity index (χ3v) is 1.34. The molecule has 0 amide bonds. The summed E-state index contributed by atoms with van der Waals surface area (Å²) in [5.74, 6) is 0.474. The molecule has 1 aromatic heterocycles. The van der Waals surface area contributed by atoms with Crippen LogP contribution in [0.15, 0.2) is 25.0 Å². The van der Waals surface area contributed by atoms with Gasteiger partial charge in [-0.1, -0.05) is 6.08 Å². The highest BCUT2D eigenvalue weighted by molar-refractivity contribution is 5.92. The monoisotopic (exact) mass is 150 g/mol. The first-order chi connectivity index (χ1) is 5.34. The third-order valence-electron chi connectivity index (χ3n) is 1.34. The van der Waals surface area contributed by atoms with Crippen LogP contribution in [0.1, 0.15) is 23.5 Å². The lowest BCUT2D eigenvalue weighted by Gasteiger charge is -1.91. The largest absolute Gasteiger partial charge is 0.342 e. The van der Waals surface area contributed by atoms with Crippen LogP contribution in [0.5, 0.6) is 0 Å². The number of nitrogens with zero attached hydrogens (tertiary/aromatic N) is 1. The van der Waals surface area contributed by atoms with Gasteiger partial charge in [0.05, 0.1) is 0 Å². The number of allylic oxidation sites excluding steroid dienone is 1. The van der Waals surface area contributed by atoms with Crippen molar-refractivity contribution < 1.29 is 4.79 Å². The maximum absolute atomic E-state index is 11.1. The number of hydrogen-bond acceptors (Lipinski definition) is 2. The predicted octanol–water partition coefficient (Wildman–Crippen LogP) is 1.56. The minimum Gasteiger partial charge on any atom is -0.342 e. The second kappa shape index (κ2) is 3.71. The first kappa shape index (κ1) is 7.72. The minimum absolute atomic E-state index is 0.0369. The van der Waals surface area contributed by atoms with Crippen LogP contribution in [0.4, 0.5) is 0 Å². The Hall–Kier alpha value is -1.38. The van der Waals surface area contributed by atoms with Crippen LogP contribution < -0.4 is 0 Å². The van der Waals surface area contributed by atoms with Crippen molar-refractivity contribution in [1.29, 1.82) is 0 Å². The summed E-state index contributed by atoms with van der Waals surface area (Å²) >= 11 is 0. The summed E-state index contributed by atoms with van der Waals surface area (Å²) in [6, 6.07) is 0. The van der Waals surface area contributed by atoms with Crippen molar-refractivity contribution in [2.45, 2.75) is 12.8 Å². The van der Waals surface area contributed by atoms with E-state index in [0.717, 1.165) is 0 Å². The number of aromatic nitrogens is 2. The molecule has 1 N–H and O–H groups in total. The quantitative estimate of drug-likeness (QED) is 0.523. The van der Waals surface area contributed by atoms with Gasteiger partial charge in [0, 0.05) is 18.8 Å². The molecule has 0 aliphatic heterocycles. The fraction of sp³-hybridized carbons (Fsp3) is 0.250. The molecule has 0 saturated carbocycles. The van der Waals surface area contributed by atoms with Crippen molar-refractivity contribution in [3.05, 3.63) is 30.9 Å². The Balaban J connectivity index is 2.49. The fourth-order valence-corrected chi connectivity index (χ4v) is 0.769. The van der Waals surface area contributed by atoms with E-state index in [9.17, 15) is 4.79 Å². The summed E-state index contributed by atoms with van der Waals surface area (Å²) in [5.41, 5.74) is 0. The zero-order chi connectivity index (χ0) is 8.10. The van der Waals surface area contributed by atoms with E-state index in [1.54, 1.807) is 18.5 Å². The van der Waals surface area contributed by atoms with Crippen LogP contribution in [0, 0.1) is 0 Å². The average Bonchev–Trinajstić information content (AvgIpc) is 2.52. The number of aromatic amines is 1. The van der Waals surface area contributed by atoms with E-state index in [4.69, 9.17) is 0 Å². The molecule has 0 atom stereocenters. The number of ketones is 1. The lowest BCUT2D eigenvalue weighted by atomic mass is 10.2. The Morgan fingerprint density at radius 3 is 3.18 bits per heavy atom. The molecule has 0 aliphatic carbocycles. The van der Waals surface area contributed by atoms with E-state index in [1.165, 1.54) is 0 Å². The number of imidazole rings is 1.